The molecule has 136 valence electrons. The summed E-state index contributed by atoms with van der Waals surface area (Å²) in [5.41, 5.74) is 1.88. The molecule has 26 heavy (non-hydrogen) atoms. The number of carbonyl (C=O) groups excluding carboxylic acids is 2. The SMILES string of the molecule is O=C(CNC(=O)c1ccccc1)NC1CCN(Cc2ccccc2)CC1. The molecule has 1 saturated heterocycles. The van der Waals surface area contributed by atoms with Gasteiger partial charge in [-0.3, -0.25) is 14.5 Å². The van der Waals surface area contributed by atoms with Gasteiger partial charge in [0.2, 0.25) is 5.91 Å². The average Bonchev–Trinajstić information content (AvgIpc) is 2.69. The van der Waals surface area contributed by atoms with E-state index < -0.39 is 0 Å². The van der Waals surface area contributed by atoms with Crippen LogP contribution in [-0.4, -0.2) is 42.4 Å². The number of benzene rings is 2. The highest BCUT2D eigenvalue weighted by Gasteiger charge is 2.20. The Balaban J connectivity index is 1.36. The van der Waals surface area contributed by atoms with Gasteiger partial charge in [0.15, 0.2) is 0 Å². The minimum absolute atomic E-state index is 0.0119. The van der Waals surface area contributed by atoms with Crippen molar-refractivity contribution in [2.45, 2.75) is 25.4 Å². The molecular formula is C21H25N3O2. The highest BCUT2D eigenvalue weighted by atomic mass is 16.2. The lowest BCUT2D eigenvalue weighted by Crippen LogP contribution is -2.47. The van der Waals surface area contributed by atoms with Crippen molar-refractivity contribution in [3.05, 3.63) is 71.8 Å². The fourth-order valence-corrected chi connectivity index (χ4v) is 3.21. The Hall–Kier alpha value is -2.66. The van der Waals surface area contributed by atoms with E-state index >= 15 is 0 Å². The van der Waals surface area contributed by atoms with Gasteiger partial charge in [-0.1, -0.05) is 48.5 Å². The van der Waals surface area contributed by atoms with Crippen molar-refractivity contribution in [3.8, 4) is 0 Å². The summed E-state index contributed by atoms with van der Waals surface area (Å²) in [5.74, 6) is -0.353. The van der Waals surface area contributed by atoms with E-state index in [4.69, 9.17) is 0 Å². The van der Waals surface area contributed by atoms with Gasteiger partial charge in [-0.05, 0) is 30.5 Å². The number of nitrogens with zero attached hydrogens (tertiary/aromatic N) is 1. The van der Waals surface area contributed by atoms with Gasteiger partial charge in [0.25, 0.3) is 5.91 Å². The van der Waals surface area contributed by atoms with Crippen LogP contribution in [0.2, 0.25) is 0 Å². The van der Waals surface area contributed by atoms with Crippen LogP contribution in [-0.2, 0) is 11.3 Å². The van der Waals surface area contributed by atoms with Crippen molar-refractivity contribution < 1.29 is 9.59 Å². The molecule has 2 aromatic rings. The van der Waals surface area contributed by atoms with E-state index in [2.05, 4.69) is 39.8 Å². The molecule has 2 N–H and O–H groups in total. The van der Waals surface area contributed by atoms with Gasteiger partial charge in [0.05, 0.1) is 6.54 Å². The first kappa shape index (κ1) is 18.1. The predicted molar refractivity (Wildman–Crippen MR) is 102 cm³/mol. The lowest BCUT2D eigenvalue weighted by Gasteiger charge is -2.32. The maximum absolute atomic E-state index is 12.1. The average molecular weight is 351 g/mol. The normalized spacial score (nSPS) is 15.4. The largest absolute Gasteiger partial charge is 0.352 e. The van der Waals surface area contributed by atoms with Gasteiger partial charge >= 0.3 is 0 Å². The molecule has 2 amide bonds. The fraction of sp³-hybridized carbons (Fsp3) is 0.333. The summed E-state index contributed by atoms with van der Waals surface area (Å²) in [5, 5.41) is 5.70. The Labute approximate surface area is 154 Å². The van der Waals surface area contributed by atoms with E-state index in [-0.39, 0.29) is 24.4 Å². The summed E-state index contributed by atoms with van der Waals surface area (Å²) >= 11 is 0. The van der Waals surface area contributed by atoms with E-state index in [0.29, 0.717) is 5.56 Å². The van der Waals surface area contributed by atoms with Crippen LogP contribution < -0.4 is 10.6 Å². The molecular weight excluding hydrogens is 326 g/mol. The standard InChI is InChI=1S/C21H25N3O2/c25-20(15-22-21(26)18-9-5-2-6-10-18)23-19-11-13-24(14-12-19)16-17-7-3-1-4-8-17/h1-10,19H,11-16H2,(H,22,26)(H,23,25). The first-order valence-corrected chi connectivity index (χ1v) is 9.09. The number of hydrogen-bond acceptors (Lipinski definition) is 3. The molecule has 0 spiro atoms. The Morgan fingerprint density at radius 3 is 2.19 bits per heavy atom. The van der Waals surface area contributed by atoms with E-state index in [1.807, 2.05) is 12.1 Å². The molecule has 0 saturated carbocycles. The summed E-state index contributed by atoms with van der Waals surface area (Å²) in [6.07, 6.45) is 1.87. The zero-order valence-corrected chi connectivity index (χ0v) is 14.9. The van der Waals surface area contributed by atoms with Gasteiger partial charge in [-0.2, -0.15) is 0 Å². The van der Waals surface area contributed by atoms with E-state index in [0.717, 1.165) is 32.5 Å². The lowest BCUT2D eigenvalue weighted by molar-refractivity contribution is -0.121. The third-order valence-corrected chi connectivity index (χ3v) is 4.65. The van der Waals surface area contributed by atoms with Crippen molar-refractivity contribution >= 4 is 11.8 Å². The Morgan fingerprint density at radius 1 is 0.923 bits per heavy atom. The van der Waals surface area contributed by atoms with E-state index in [1.165, 1.54) is 5.56 Å². The zero-order valence-electron chi connectivity index (χ0n) is 14.9. The second-order valence-corrected chi connectivity index (χ2v) is 6.65. The van der Waals surface area contributed by atoms with Gasteiger partial charge in [0.1, 0.15) is 0 Å². The van der Waals surface area contributed by atoms with Gasteiger partial charge in [0, 0.05) is 31.2 Å². The van der Waals surface area contributed by atoms with Gasteiger partial charge < -0.3 is 10.6 Å². The fourth-order valence-electron chi connectivity index (χ4n) is 3.21. The van der Waals surface area contributed by atoms with Crippen molar-refractivity contribution in [1.82, 2.24) is 15.5 Å². The van der Waals surface area contributed by atoms with Crippen LogP contribution in [0, 0.1) is 0 Å². The second kappa shape index (κ2) is 9.15. The predicted octanol–water partition coefficient (Wildman–Crippen LogP) is 2.20. The molecule has 2 aromatic carbocycles. The number of hydrogen-bond donors (Lipinski definition) is 2. The van der Waals surface area contributed by atoms with Crippen molar-refractivity contribution in [1.29, 1.82) is 0 Å². The molecule has 1 fully saturated rings. The number of carbonyl (C=O) groups is 2. The molecule has 0 aromatic heterocycles. The summed E-state index contributed by atoms with van der Waals surface area (Å²) < 4.78 is 0. The molecule has 0 radical (unpaired) electrons. The molecule has 0 aliphatic carbocycles. The summed E-state index contributed by atoms with van der Waals surface area (Å²) in [7, 11) is 0. The molecule has 0 unspecified atom stereocenters. The molecule has 3 rings (SSSR count). The maximum atomic E-state index is 12.1. The van der Waals surface area contributed by atoms with Crippen LogP contribution in [0.4, 0.5) is 0 Å². The second-order valence-electron chi connectivity index (χ2n) is 6.65. The van der Waals surface area contributed by atoms with Crippen molar-refractivity contribution in [3.63, 3.8) is 0 Å². The minimum Gasteiger partial charge on any atom is -0.352 e. The molecule has 0 atom stereocenters. The monoisotopic (exact) mass is 351 g/mol. The molecule has 1 aliphatic heterocycles. The molecule has 5 nitrogen and oxygen atoms in total. The Morgan fingerprint density at radius 2 is 1.54 bits per heavy atom. The Bertz CT molecular complexity index is 711. The van der Waals surface area contributed by atoms with Gasteiger partial charge in [-0.25, -0.2) is 0 Å². The third-order valence-electron chi connectivity index (χ3n) is 4.65. The number of amides is 2. The summed E-state index contributed by atoms with van der Waals surface area (Å²) in [6.45, 7) is 2.90. The van der Waals surface area contributed by atoms with Crippen molar-refractivity contribution in [2.75, 3.05) is 19.6 Å². The number of nitrogens with one attached hydrogen (secondary N) is 2. The smallest absolute Gasteiger partial charge is 0.251 e. The summed E-state index contributed by atoms with van der Waals surface area (Å²) in [6, 6.07) is 19.5. The maximum Gasteiger partial charge on any atom is 0.251 e. The van der Waals surface area contributed by atoms with Crippen LogP contribution in [0.3, 0.4) is 0 Å². The first-order chi connectivity index (χ1) is 12.7. The van der Waals surface area contributed by atoms with E-state index in [9.17, 15) is 9.59 Å². The molecule has 5 heteroatoms. The van der Waals surface area contributed by atoms with Crippen molar-refractivity contribution in [2.24, 2.45) is 0 Å². The summed E-state index contributed by atoms with van der Waals surface area (Å²) in [4.78, 5) is 26.5. The highest BCUT2D eigenvalue weighted by molar-refractivity contribution is 5.96. The Kier molecular flexibility index (Phi) is 6.39. The van der Waals surface area contributed by atoms with Crippen LogP contribution in [0.1, 0.15) is 28.8 Å². The van der Waals surface area contributed by atoms with Gasteiger partial charge in [-0.15, -0.1) is 0 Å². The quantitative estimate of drug-likeness (QED) is 0.839. The minimum atomic E-state index is -0.224. The third kappa shape index (κ3) is 5.43. The highest BCUT2D eigenvalue weighted by Crippen LogP contribution is 2.13. The van der Waals surface area contributed by atoms with Crippen LogP contribution in [0.5, 0.6) is 0 Å². The van der Waals surface area contributed by atoms with Crippen LogP contribution in [0.15, 0.2) is 60.7 Å². The zero-order chi connectivity index (χ0) is 18.2. The van der Waals surface area contributed by atoms with E-state index in [1.54, 1.807) is 24.3 Å². The number of rotatable bonds is 6. The molecule has 1 aliphatic rings. The topological polar surface area (TPSA) is 61.4 Å². The van der Waals surface area contributed by atoms with Crippen LogP contribution in [0.25, 0.3) is 0 Å². The molecule has 0 bridgehead atoms. The number of likely N-dealkylation sites (tertiary alicyclic amines) is 1. The van der Waals surface area contributed by atoms with Crippen LogP contribution >= 0.6 is 0 Å². The lowest BCUT2D eigenvalue weighted by atomic mass is 10.0. The molecule has 1 heterocycles. The number of piperidine rings is 1. The first-order valence-electron chi connectivity index (χ1n) is 9.09.